The van der Waals surface area contributed by atoms with Crippen molar-refractivity contribution in [3.63, 3.8) is 0 Å². The fourth-order valence-corrected chi connectivity index (χ4v) is 5.75. The lowest BCUT2D eigenvalue weighted by Crippen LogP contribution is -2.48. The zero-order valence-corrected chi connectivity index (χ0v) is 22.7. The zero-order chi connectivity index (χ0) is 27.7. The van der Waals surface area contributed by atoms with Gasteiger partial charge in [-0.2, -0.15) is 0 Å². The molecule has 202 valence electrons. The summed E-state index contributed by atoms with van der Waals surface area (Å²) in [6.45, 7) is 5.69. The minimum Gasteiger partial charge on any atom is -0.465 e. The maximum atomic E-state index is 13.8. The Labute approximate surface area is 233 Å². The third-order valence-electron chi connectivity index (χ3n) is 7.56. The standard InChI is InChI=1S/C30H31ClN4O4/c1-20-19-28(35(21(2)36)25-13-9-23(31)10-14-25)26-5-3-4-6-27(26)34(20)29(37)22-7-11-24(12-8-22)32-15-17-33(18-16-32)30(38)39/h3-14,20,28H,15-19H2,1-2H3,(H,38,39). The molecule has 0 spiro atoms. The van der Waals surface area contributed by atoms with Gasteiger partial charge in [-0.1, -0.05) is 29.8 Å². The first-order valence-electron chi connectivity index (χ1n) is 13.1. The SMILES string of the molecule is CC(=O)N(c1ccc(Cl)cc1)C1CC(C)N(C(=O)c2ccc(N3CCN(C(=O)O)CC3)cc2)c2ccccc21. The van der Waals surface area contributed by atoms with Crippen molar-refractivity contribution in [2.24, 2.45) is 0 Å². The summed E-state index contributed by atoms with van der Waals surface area (Å²) in [5.74, 6) is -0.180. The van der Waals surface area contributed by atoms with Crippen LogP contribution in [0.1, 0.15) is 42.2 Å². The Hall–Kier alpha value is -4.04. The van der Waals surface area contributed by atoms with E-state index in [2.05, 4.69) is 4.90 Å². The minimum atomic E-state index is -0.895. The van der Waals surface area contributed by atoms with Gasteiger partial charge in [-0.3, -0.25) is 9.59 Å². The first-order valence-corrected chi connectivity index (χ1v) is 13.4. The summed E-state index contributed by atoms with van der Waals surface area (Å²) in [4.78, 5) is 45.1. The molecule has 3 aromatic carbocycles. The molecule has 9 heteroatoms. The maximum absolute atomic E-state index is 13.8. The molecule has 8 nitrogen and oxygen atoms in total. The van der Waals surface area contributed by atoms with Crippen LogP contribution < -0.4 is 14.7 Å². The van der Waals surface area contributed by atoms with E-state index in [0.29, 0.717) is 43.2 Å². The van der Waals surface area contributed by atoms with Crippen molar-refractivity contribution in [1.29, 1.82) is 0 Å². The number of piperazine rings is 1. The van der Waals surface area contributed by atoms with E-state index >= 15 is 0 Å². The van der Waals surface area contributed by atoms with Gasteiger partial charge in [-0.05, 0) is 73.5 Å². The molecule has 0 aliphatic carbocycles. The van der Waals surface area contributed by atoms with Gasteiger partial charge < -0.3 is 24.7 Å². The smallest absolute Gasteiger partial charge is 0.407 e. The van der Waals surface area contributed by atoms with Crippen LogP contribution in [0.25, 0.3) is 0 Å². The molecule has 39 heavy (non-hydrogen) atoms. The number of para-hydroxylation sites is 1. The summed E-state index contributed by atoms with van der Waals surface area (Å²) in [6.07, 6.45) is -0.315. The molecule has 0 aromatic heterocycles. The predicted molar refractivity (Wildman–Crippen MR) is 153 cm³/mol. The van der Waals surface area contributed by atoms with Gasteiger partial charge in [0.1, 0.15) is 0 Å². The van der Waals surface area contributed by atoms with Gasteiger partial charge in [0.25, 0.3) is 5.91 Å². The molecule has 1 fully saturated rings. The second kappa shape index (κ2) is 11.0. The third kappa shape index (κ3) is 5.29. The van der Waals surface area contributed by atoms with Crippen molar-refractivity contribution in [3.05, 3.63) is 88.9 Å². The maximum Gasteiger partial charge on any atom is 0.407 e. The molecule has 3 amide bonds. The number of hydrogen-bond acceptors (Lipinski definition) is 4. The van der Waals surface area contributed by atoms with Crippen LogP contribution in [0.5, 0.6) is 0 Å². The van der Waals surface area contributed by atoms with Crippen LogP contribution in [0.4, 0.5) is 21.9 Å². The Bertz CT molecular complexity index is 1370. The number of fused-ring (bicyclic) bond motifs is 1. The van der Waals surface area contributed by atoms with E-state index in [0.717, 1.165) is 22.6 Å². The third-order valence-corrected chi connectivity index (χ3v) is 7.82. The molecule has 3 aromatic rings. The monoisotopic (exact) mass is 546 g/mol. The molecule has 2 heterocycles. The Morgan fingerprint density at radius 3 is 2.15 bits per heavy atom. The van der Waals surface area contributed by atoms with Crippen molar-refractivity contribution in [1.82, 2.24) is 4.90 Å². The number of halogens is 1. The lowest BCUT2D eigenvalue weighted by atomic mass is 9.89. The van der Waals surface area contributed by atoms with Crippen molar-refractivity contribution >= 4 is 46.6 Å². The fourth-order valence-electron chi connectivity index (χ4n) is 5.63. The number of carboxylic acid groups (broad SMARTS) is 1. The largest absolute Gasteiger partial charge is 0.465 e. The van der Waals surface area contributed by atoms with Gasteiger partial charge in [0.05, 0.1) is 6.04 Å². The average Bonchev–Trinajstić information content (AvgIpc) is 2.94. The van der Waals surface area contributed by atoms with Crippen LogP contribution in [-0.2, 0) is 4.79 Å². The number of amides is 3. The van der Waals surface area contributed by atoms with E-state index in [1.54, 1.807) is 24.0 Å². The summed E-state index contributed by atoms with van der Waals surface area (Å²) in [7, 11) is 0. The van der Waals surface area contributed by atoms with Gasteiger partial charge in [0.2, 0.25) is 5.91 Å². The van der Waals surface area contributed by atoms with E-state index in [1.807, 2.05) is 72.5 Å². The lowest BCUT2D eigenvalue weighted by Gasteiger charge is -2.43. The minimum absolute atomic E-state index is 0.0797. The topological polar surface area (TPSA) is 84.4 Å². The predicted octanol–water partition coefficient (Wildman–Crippen LogP) is 5.67. The van der Waals surface area contributed by atoms with Gasteiger partial charge in [0, 0.05) is 66.8 Å². The second-order valence-corrected chi connectivity index (χ2v) is 10.4. The number of hydrogen-bond donors (Lipinski definition) is 1. The molecule has 2 unspecified atom stereocenters. The first-order chi connectivity index (χ1) is 18.7. The molecule has 1 N–H and O–H groups in total. The summed E-state index contributed by atoms with van der Waals surface area (Å²) in [5.41, 5.74) is 4.01. The Morgan fingerprint density at radius 2 is 1.54 bits per heavy atom. The van der Waals surface area contributed by atoms with Crippen LogP contribution in [-0.4, -0.2) is 60.1 Å². The molecule has 0 saturated carbocycles. The number of nitrogens with zero attached hydrogens (tertiary/aromatic N) is 4. The highest BCUT2D eigenvalue weighted by molar-refractivity contribution is 6.30. The quantitative estimate of drug-likeness (QED) is 0.455. The van der Waals surface area contributed by atoms with E-state index in [9.17, 15) is 19.5 Å². The lowest BCUT2D eigenvalue weighted by molar-refractivity contribution is -0.117. The number of carbonyl (C=O) groups is 3. The molecule has 2 aliphatic heterocycles. The van der Waals surface area contributed by atoms with Gasteiger partial charge in [0.15, 0.2) is 0 Å². The summed E-state index contributed by atoms with van der Waals surface area (Å²) >= 11 is 6.10. The summed E-state index contributed by atoms with van der Waals surface area (Å²) < 4.78 is 0. The summed E-state index contributed by atoms with van der Waals surface area (Å²) in [6, 6.07) is 22.1. The molecule has 0 radical (unpaired) electrons. The Morgan fingerprint density at radius 1 is 0.897 bits per heavy atom. The van der Waals surface area contributed by atoms with Crippen molar-refractivity contribution in [2.75, 3.05) is 40.9 Å². The van der Waals surface area contributed by atoms with Gasteiger partial charge in [-0.15, -0.1) is 0 Å². The van der Waals surface area contributed by atoms with E-state index in [-0.39, 0.29) is 23.9 Å². The average molecular weight is 547 g/mol. The van der Waals surface area contributed by atoms with E-state index < -0.39 is 6.09 Å². The molecular weight excluding hydrogens is 516 g/mol. The number of carbonyl (C=O) groups excluding carboxylic acids is 2. The van der Waals surface area contributed by atoms with E-state index in [1.165, 1.54) is 4.90 Å². The molecule has 5 rings (SSSR count). The van der Waals surface area contributed by atoms with Crippen LogP contribution in [0.15, 0.2) is 72.8 Å². The highest BCUT2D eigenvalue weighted by Gasteiger charge is 2.38. The van der Waals surface area contributed by atoms with Crippen molar-refractivity contribution < 1.29 is 19.5 Å². The van der Waals surface area contributed by atoms with E-state index in [4.69, 9.17) is 11.6 Å². The molecule has 1 saturated heterocycles. The zero-order valence-electron chi connectivity index (χ0n) is 22.0. The molecule has 2 aliphatic rings. The number of benzene rings is 3. The summed E-state index contributed by atoms with van der Waals surface area (Å²) in [5, 5.41) is 9.79. The normalized spacial score (nSPS) is 18.9. The molecule has 0 bridgehead atoms. The van der Waals surface area contributed by atoms with Crippen molar-refractivity contribution in [3.8, 4) is 0 Å². The second-order valence-electron chi connectivity index (χ2n) is 10.0. The van der Waals surface area contributed by atoms with Gasteiger partial charge in [-0.25, -0.2) is 4.79 Å². The fraction of sp³-hybridized carbons (Fsp3) is 0.300. The molecular formula is C30H31ClN4O4. The Kier molecular flexibility index (Phi) is 7.48. The van der Waals surface area contributed by atoms with Crippen molar-refractivity contribution in [2.45, 2.75) is 32.4 Å². The van der Waals surface area contributed by atoms with Crippen LogP contribution >= 0.6 is 11.6 Å². The molecule has 2 atom stereocenters. The van der Waals surface area contributed by atoms with Gasteiger partial charge >= 0.3 is 6.09 Å². The number of rotatable bonds is 4. The Balaban J connectivity index is 1.40. The van der Waals surface area contributed by atoms with Crippen LogP contribution in [0.3, 0.4) is 0 Å². The number of anilines is 3. The van der Waals surface area contributed by atoms with Crippen LogP contribution in [0.2, 0.25) is 5.02 Å². The first kappa shape index (κ1) is 26.6. The highest BCUT2D eigenvalue weighted by Crippen LogP contribution is 2.43. The van der Waals surface area contributed by atoms with Crippen LogP contribution in [0, 0.1) is 0 Å². The highest BCUT2D eigenvalue weighted by atomic mass is 35.5.